The van der Waals surface area contributed by atoms with Crippen molar-refractivity contribution in [2.24, 2.45) is 0 Å². The zero-order valence-corrected chi connectivity index (χ0v) is 16.3. The third-order valence-electron chi connectivity index (χ3n) is 4.54. The maximum Gasteiger partial charge on any atom is 0.330 e. The summed E-state index contributed by atoms with van der Waals surface area (Å²) in [5.74, 6) is -0.775. The second kappa shape index (κ2) is 7.19. The van der Waals surface area contributed by atoms with Gasteiger partial charge in [-0.3, -0.25) is 28.5 Å². The van der Waals surface area contributed by atoms with Gasteiger partial charge in [0, 0.05) is 33.0 Å². The van der Waals surface area contributed by atoms with Gasteiger partial charge < -0.3 is 23.4 Å². The standard InChI is InChI=1S/C14H20N3O10P/c1-7-5-17(13(20)15-10(7)18)11-8-9(27-28(21,22)24-4)14(25-11,6-23-3)12(19)16(2)26-8/h5,8-9,11H,6H2,1-4H3,(H,21,22)(H,15,18,20)/p-1/t8?,9?,11-,14-/m1/s1. The van der Waals surface area contributed by atoms with Crippen LogP contribution in [0.15, 0.2) is 15.8 Å². The van der Waals surface area contributed by atoms with Gasteiger partial charge in [0.1, 0.15) is 6.10 Å². The average molecular weight is 420 g/mol. The molecule has 5 atom stereocenters. The molecule has 2 aliphatic heterocycles. The topological polar surface area (TPSA) is 161 Å². The molecule has 2 saturated heterocycles. The fourth-order valence-corrected chi connectivity index (χ4v) is 3.91. The van der Waals surface area contributed by atoms with E-state index < -0.39 is 55.6 Å². The quantitative estimate of drug-likeness (QED) is 0.511. The van der Waals surface area contributed by atoms with E-state index in [0.717, 1.165) is 16.7 Å². The largest absolute Gasteiger partial charge is 0.756 e. The molecule has 1 amide bonds. The number of H-pyrrole nitrogens is 1. The number of hydrogen-bond donors (Lipinski definition) is 1. The van der Waals surface area contributed by atoms with Gasteiger partial charge in [-0.15, -0.1) is 0 Å². The van der Waals surface area contributed by atoms with Crippen LogP contribution in [0.3, 0.4) is 0 Å². The molecule has 28 heavy (non-hydrogen) atoms. The Balaban J connectivity index is 2.15. The van der Waals surface area contributed by atoms with Gasteiger partial charge in [0.15, 0.2) is 12.3 Å². The zero-order chi connectivity index (χ0) is 20.9. The van der Waals surface area contributed by atoms with E-state index in [0.29, 0.717) is 0 Å². The predicted octanol–water partition coefficient (Wildman–Crippen LogP) is -1.97. The Kier molecular flexibility index (Phi) is 5.36. The van der Waals surface area contributed by atoms with Crippen LogP contribution in [0.2, 0.25) is 0 Å². The number of aryl methyl sites for hydroxylation is 1. The van der Waals surface area contributed by atoms with Crippen molar-refractivity contribution in [3.63, 3.8) is 0 Å². The van der Waals surface area contributed by atoms with Crippen molar-refractivity contribution < 1.29 is 37.6 Å². The smallest absolute Gasteiger partial charge is 0.330 e. The number of fused-ring (bicyclic) bond motifs is 2. The lowest BCUT2D eigenvalue weighted by atomic mass is 9.93. The van der Waals surface area contributed by atoms with Gasteiger partial charge in [-0.2, -0.15) is 0 Å². The summed E-state index contributed by atoms with van der Waals surface area (Å²) in [6.07, 6.45) is -2.85. The van der Waals surface area contributed by atoms with Crippen LogP contribution in [-0.2, 0) is 32.7 Å². The molecule has 1 aromatic rings. The van der Waals surface area contributed by atoms with Crippen LogP contribution in [0.5, 0.6) is 0 Å². The van der Waals surface area contributed by atoms with Crippen molar-refractivity contribution in [1.82, 2.24) is 14.6 Å². The summed E-state index contributed by atoms with van der Waals surface area (Å²) in [4.78, 5) is 56.3. The molecule has 3 rings (SSSR count). The van der Waals surface area contributed by atoms with Crippen LogP contribution in [0.25, 0.3) is 0 Å². The minimum absolute atomic E-state index is 0.189. The number of ether oxygens (including phenoxy) is 2. The molecular formula is C14H19N3O10P-. The van der Waals surface area contributed by atoms with Crippen molar-refractivity contribution in [3.8, 4) is 0 Å². The molecule has 1 N–H and O–H groups in total. The number of methoxy groups -OCH3 is 1. The van der Waals surface area contributed by atoms with Crippen molar-refractivity contribution in [3.05, 3.63) is 32.6 Å². The Bertz CT molecular complexity index is 944. The number of carbonyl (C=O) groups is 1. The molecule has 2 fully saturated rings. The van der Waals surface area contributed by atoms with Crippen molar-refractivity contribution in [2.45, 2.75) is 31.0 Å². The molecule has 0 radical (unpaired) electrons. The van der Waals surface area contributed by atoms with E-state index in [2.05, 4.69) is 9.51 Å². The summed E-state index contributed by atoms with van der Waals surface area (Å²) < 4.78 is 33.2. The lowest BCUT2D eigenvalue weighted by molar-refractivity contribution is -0.265. The Labute approximate surface area is 158 Å². The fourth-order valence-electron chi connectivity index (χ4n) is 3.25. The fraction of sp³-hybridized carbons (Fsp3) is 0.643. The van der Waals surface area contributed by atoms with E-state index in [1.54, 1.807) is 0 Å². The number of amides is 1. The van der Waals surface area contributed by atoms with Crippen molar-refractivity contribution in [2.75, 3.05) is 27.9 Å². The molecule has 156 valence electrons. The summed E-state index contributed by atoms with van der Waals surface area (Å²) in [7, 11) is -1.34. The molecule has 2 aliphatic rings. The number of rotatable bonds is 6. The molecule has 0 aliphatic carbocycles. The van der Waals surface area contributed by atoms with E-state index in [-0.39, 0.29) is 5.56 Å². The molecule has 3 heterocycles. The summed E-state index contributed by atoms with van der Waals surface area (Å²) in [5.41, 5.74) is -3.18. The number of nitrogens with zero attached hydrogens (tertiary/aromatic N) is 2. The third-order valence-corrected chi connectivity index (χ3v) is 5.48. The molecule has 3 unspecified atom stereocenters. The summed E-state index contributed by atoms with van der Waals surface area (Å²) >= 11 is 0. The van der Waals surface area contributed by atoms with Crippen molar-refractivity contribution in [1.29, 1.82) is 0 Å². The lowest BCUT2D eigenvalue weighted by Crippen LogP contribution is -2.63. The first-order valence-corrected chi connectivity index (χ1v) is 9.51. The number of carbonyl (C=O) groups excluding carboxylic acids is 1. The van der Waals surface area contributed by atoms with Crippen LogP contribution in [0.1, 0.15) is 11.8 Å². The monoisotopic (exact) mass is 420 g/mol. The second-order valence-electron chi connectivity index (χ2n) is 6.34. The maximum atomic E-state index is 12.8. The highest BCUT2D eigenvalue weighted by Crippen LogP contribution is 2.51. The predicted molar refractivity (Wildman–Crippen MR) is 87.9 cm³/mol. The SMILES string of the molecule is COC[C@]12O[C@@H](n3cc(C)c(=O)[nH]c3=O)C(ON(C)C1=O)C2OP(=O)([O-])OC. The number of likely N-dealkylation sites (N-methyl/N-ethyl adjacent to an activating group) is 1. The third kappa shape index (κ3) is 3.24. The van der Waals surface area contributed by atoms with Gasteiger partial charge in [0.05, 0.1) is 6.61 Å². The van der Waals surface area contributed by atoms with E-state index >= 15 is 0 Å². The van der Waals surface area contributed by atoms with Crippen LogP contribution < -0.4 is 16.1 Å². The van der Waals surface area contributed by atoms with Gasteiger partial charge in [-0.25, -0.2) is 9.86 Å². The summed E-state index contributed by atoms with van der Waals surface area (Å²) in [6.45, 7) is 1.07. The zero-order valence-electron chi connectivity index (χ0n) is 15.4. The second-order valence-corrected chi connectivity index (χ2v) is 7.81. The summed E-state index contributed by atoms with van der Waals surface area (Å²) in [6, 6.07) is 0. The first-order valence-electron chi connectivity index (χ1n) is 8.05. The first kappa shape index (κ1) is 20.9. The number of phosphoric ester groups is 1. The Hall–Kier alpha value is -1.86. The number of hydrogen-bond acceptors (Lipinski definition) is 10. The first-order chi connectivity index (χ1) is 13.1. The highest BCUT2D eigenvalue weighted by Gasteiger charge is 2.68. The Morgan fingerprint density at radius 2 is 2.04 bits per heavy atom. The maximum absolute atomic E-state index is 12.8. The molecular weight excluding hydrogens is 401 g/mol. The van der Waals surface area contributed by atoms with Crippen LogP contribution >= 0.6 is 7.82 Å². The van der Waals surface area contributed by atoms with Gasteiger partial charge in [-0.1, -0.05) is 0 Å². The molecule has 0 spiro atoms. The molecule has 2 bridgehead atoms. The number of aromatic amines is 1. The average Bonchev–Trinajstić information content (AvgIpc) is 2.85. The van der Waals surface area contributed by atoms with Crippen LogP contribution in [-0.4, -0.2) is 66.2 Å². The van der Waals surface area contributed by atoms with Gasteiger partial charge in [0.2, 0.25) is 5.60 Å². The minimum atomic E-state index is -4.82. The molecule has 0 saturated carbocycles. The van der Waals surface area contributed by atoms with Gasteiger partial charge in [0.25, 0.3) is 19.3 Å². The van der Waals surface area contributed by atoms with Crippen LogP contribution in [0.4, 0.5) is 0 Å². The van der Waals surface area contributed by atoms with Gasteiger partial charge >= 0.3 is 5.69 Å². The number of hydroxylamine groups is 2. The Morgan fingerprint density at radius 1 is 1.36 bits per heavy atom. The lowest BCUT2D eigenvalue weighted by Gasteiger charge is -2.41. The van der Waals surface area contributed by atoms with Crippen molar-refractivity contribution >= 4 is 13.7 Å². The molecule has 14 heteroatoms. The highest BCUT2D eigenvalue weighted by molar-refractivity contribution is 7.45. The van der Waals surface area contributed by atoms with Gasteiger partial charge in [-0.05, 0) is 6.92 Å². The number of aromatic nitrogens is 2. The van der Waals surface area contributed by atoms with E-state index in [1.165, 1.54) is 27.3 Å². The molecule has 1 aromatic heterocycles. The molecule has 13 nitrogen and oxygen atoms in total. The number of nitrogens with one attached hydrogen (secondary N) is 1. The number of phosphoric acid groups is 1. The van der Waals surface area contributed by atoms with E-state index in [4.69, 9.17) is 18.8 Å². The Morgan fingerprint density at radius 3 is 2.64 bits per heavy atom. The normalized spacial score (nSPS) is 31.8. The summed E-state index contributed by atoms with van der Waals surface area (Å²) in [5, 5.41) is 0.857. The molecule has 0 aromatic carbocycles. The highest BCUT2D eigenvalue weighted by atomic mass is 31.2. The minimum Gasteiger partial charge on any atom is -0.756 e. The van der Waals surface area contributed by atoms with E-state index in [1.807, 2.05) is 0 Å². The van der Waals surface area contributed by atoms with Crippen LogP contribution in [0, 0.1) is 6.92 Å². The van der Waals surface area contributed by atoms with E-state index in [9.17, 15) is 23.8 Å².